The Labute approximate surface area is 170 Å². The Morgan fingerprint density at radius 3 is 1.26 bits per heavy atom. The highest BCUT2D eigenvalue weighted by Gasteiger charge is 1.97. The molecule has 0 aromatic heterocycles. The predicted octanol–water partition coefficient (Wildman–Crippen LogP) is 8.84. The zero-order chi connectivity index (χ0) is 19.8. The number of carboxylic acid groups (broad SMARTS) is 1. The highest BCUT2D eigenvalue weighted by Crippen LogP contribution is 2.14. The molecule has 0 aliphatic carbocycles. The Morgan fingerprint density at radius 2 is 0.889 bits per heavy atom. The molecule has 0 saturated carbocycles. The molecule has 0 aliphatic rings. The van der Waals surface area contributed by atoms with Crippen molar-refractivity contribution in [1.29, 1.82) is 0 Å². The third-order valence-corrected chi connectivity index (χ3v) is 5.40. The van der Waals surface area contributed by atoms with Crippen molar-refractivity contribution < 1.29 is 9.90 Å². The summed E-state index contributed by atoms with van der Waals surface area (Å²) in [7, 11) is 0. The summed E-state index contributed by atoms with van der Waals surface area (Å²) in [5.74, 6) is -0.653. The van der Waals surface area contributed by atoms with E-state index in [9.17, 15) is 4.79 Å². The maximum Gasteiger partial charge on any atom is 0.303 e. The summed E-state index contributed by atoms with van der Waals surface area (Å²) in [5, 5.41) is 8.58. The summed E-state index contributed by atoms with van der Waals surface area (Å²) in [6.45, 7) is 2.27. The van der Waals surface area contributed by atoms with Crippen molar-refractivity contribution in [2.45, 2.75) is 142 Å². The molecular formula is C25H48O2. The number of hydrogen-bond donors (Lipinski definition) is 1. The van der Waals surface area contributed by atoms with Crippen molar-refractivity contribution in [1.82, 2.24) is 0 Å². The van der Waals surface area contributed by atoms with Crippen molar-refractivity contribution in [3.8, 4) is 0 Å². The fraction of sp³-hybridized carbons (Fsp3) is 0.880. The van der Waals surface area contributed by atoms with Gasteiger partial charge < -0.3 is 5.11 Å². The summed E-state index contributed by atoms with van der Waals surface area (Å²) in [6, 6.07) is 0. The molecule has 0 spiro atoms. The fourth-order valence-corrected chi connectivity index (χ4v) is 3.58. The first kappa shape index (κ1) is 26.2. The molecular weight excluding hydrogens is 332 g/mol. The van der Waals surface area contributed by atoms with E-state index in [0.29, 0.717) is 6.42 Å². The smallest absolute Gasteiger partial charge is 0.303 e. The minimum absolute atomic E-state index is 0.343. The van der Waals surface area contributed by atoms with Gasteiger partial charge in [0.05, 0.1) is 0 Å². The molecule has 0 amide bonds. The second-order valence-corrected chi connectivity index (χ2v) is 8.20. The van der Waals surface area contributed by atoms with Crippen LogP contribution in [-0.4, -0.2) is 11.1 Å². The molecule has 0 bridgehead atoms. The Bertz CT molecular complexity index is 322. The molecule has 2 nitrogen and oxygen atoms in total. The quantitative estimate of drug-likeness (QED) is 0.150. The van der Waals surface area contributed by atoms with E-state index in [2.05, 4.69) is 19.1 Å². The van der Waals surface area contributed by atoms with Crippen LogP contribution >= 0.6 is 0 Å². The standard InChI is InChI=1S/C25H48O2/c1-2-3-4-5-6-7-8-9-10-11-12-13-14-15-16-17-18-19-20-21-22-23-24-25(26)27/h7-8H,2-6,9-24H2,1H3,(H,26,27)/b8-7+. The average Bonchev–Trinajstić information content (AvgIpc) is 2.65. The minimum Gasteiger partial charge on any atom is -0.481 e. The molecule has 2 heteroatoms. The molecule has 0 aliphatic heterocycles. The minimum atomic E-state index is -0.653. The summed E-state index contributed by atoms with van der Waals surface area (Å²) >= 11 is 0. The van der Waals surface area contributed by atoms with Gasteiger partial charge in [0.1, 0.15) is 0 Å². The molecule has 0 radical (unpaired) electrons. The topological polar surface area (TPSA) is 37.3 Å². The molecule has 0 heterocycles. The van der Waals surface area contributed by atoms with Gasteiger partial charge in [0.15, 0.2) is 0 Å². The first-order chi connectivity index (χ1) is 13.3. The molecule has 0 fully saturated rings. The molecule has 0 saturated heterocycles. The van der Waals surface area contributed by atoms with Crippen LogP contribution in [0, 0.1) is 0 Å². The Kier molecular flexibility index (Phi) is 22.6. The van der Waals surface area contributed by atoms with Gasteiger partial charge in [-0.25, -0.2) is 0 Å². The molecule has 27 heavy (non-hydrogen) atoms. The molecule has 160 valence electrons. The van der Waals surface area contributed by atoms with Gasteiger partial charge in [-0.15, -0.1) is 0 Å². The first-order valence-corrected chi connectivity index (χ1v) is 12.1. The van der Waals surface area contributed by atoms with Gasteiger partial charge in [-0.3, -0.25) is 4.79 Å². The van der Waals surface area contributed by atoms with Gasteiger partial charge in [0.25, 0.3) is 0 Å². The van der Waals surface area contributed by atoms with Crippen molar-refractivity contribution in [2.24, 2.45) is 0 Å². The molecule has 0 unspecified atom stereocenters. The van der Waals surface area contributed by atoms with E-state index in [1.54, 1.807) is 0 Å². The van der Waals surface area contributed by atoms with E-state index in [1.165, 1.54) is 116 Å². The highest BCUT2D eigenvalue weighted by molar-refractivity contribution is 5.66. The number of carbonyl (C=O) groups is 1. The third-order valence-electron chi connectivity index (χ3n) is 5.40. The Balaban J connectivity index is 3.05. The average molecular weight is 381 g/mol. The molecule has 1 N–H and O–H groups in total. The lowest BCUT2D eigenvalue weighted by Crippen LogP contribution is -1.93. The summed E-state index contributed by atoms with van der Waals surface area (Å²) in [6.07, 6.45) is 31.6. The number of aliphatic carboxylic acids is 1. The molecule has 0 rings (SSSR count). The fourth-order valence-electron chi connectivity index (χ4n) is 3.58. The number of carboxylic acids is 1. The van der Waals surface area contributed by atoms with E-state index < -0.39 is 5.97 Å². The predicted molar refractivity (Wildman–Crippen MR) is 119 cm³/mol. The summed E-state index contributed by atoms with van der Waals surface area (Å²) in [4.78, 5) is 10.4. The SMILES string of the molecule is CCCCCC/C=C/CCCCCCCCCCCCCCCCC(=O)O. The lowest BCUT2D eigenvalue weighted by Gasteiger charge is -2.03. The van der Waals surface area contributed by atoms with Crippen LogP contribution in [0.1, 0.15) is 142 Å². The van der Waals surface area contributed by atoms with Gasteiger partial charge in [0.2, 0.25) is 0 Å². The van der Waals surface area contributed by atoms with Gasteiger partial charge in [-0.1, -0.05) is 115 Å². The van der Waals surface area contributed by atoms with Gasteiger partial charge in [-0.2, -0.15) is 0 Å². The number of unbranched alkanes of at least 4 members (excludes halogenated alkanes) is 18. The largest absolute Gasteiger partial charge is 0.481 e. The molecule has 0 aromatic rings. The first-order valence-electron chi connectivity index (χ1n) is 12.1. The Morgan fingerprint density at radius 1 is 0.556 bits per heavy atom. The third kappa shape index (κ3) is 25.2. The van der Waals surface area contributed by atoms with Crippen LogP contribution in [0.3, 0.4) is 0 Å². The van der Waals surface area contributed by atoms with E-state index in [0.717, 1.165) is 12.8 Å². The van der Waals surface area contributed by atoms with E-state index in [4.69, 9.17) is 5.11 Å². The van der Waals surface area contributed by atoms with Crippen molar-refractivity contribution in [2.75, 3.05) is 0 Å². The van der Waals surface area contributed by atoms with Gasteiger partial charge in [0, 0.05) is 6.42 Å². The van der Waals surface area contributed by atoms with Crippen LogP contribution in [-0.2, 0) is 4.79 Å². The van der Waals surface area contributed by atoms with E-state index in [1.807, 2.05) is 0 Å². The maximum absolute atomic E-state index is 10.4. The Hall–Kier alpha value is -0.790. The van der Waals surface area contributed by atoms with Crippen molar-refractivity contribution in [3.63, 3.8) is 0 Å². The monoisotopic (exact) mass is 380 g/mol. The lowest BCUT2D eigenvalue weighted by molar-refractivity contribution is -0.137. The molecule has 0 aromatic carbocycles. The maximum atomic E-state index is 10.4. The zero-order valence-corrected chi connectivity index (χ0v) is 18.4. The normalized spacial score (nSPS) is 11.4. The lowest BCUT2D eigenvalue weighted by atomic mass is 10.0. The number of hydrogen-bond acceptors (Lipinski definition) is 1. The highest BCUT2D eigenvalue weighted by atomic mass is 16.4. The number of rotatable bonds is 22. The van der Waals surface area contributed by atoms with E-state index >= 15 is 0 Å². The van der Waals surface area contributed by atoms with Gasteiger partial charge >= 0.3 is 5.97 Å². The van der Waals surface area contributed by atoms with Crippen LogP contribution < -0.4 is 0 Å². The molecule has 0 atom stereocenters. The van der Waals surface area contributed by atoms with Crippen LogP contribution in [0.4, 0.5) is 0 Å². The van der Waals surface area contributed by atoms with Gasteiger partial charge in [-0.05, 0) is 32.1 Å². The van der Waals surface area contributed by atoms with Crippen LogP contribution in [0.5, 0.6) is 0 Å². The second kappa shape index (κ2) is 23.2. The van der Waals surface area contributed by atoms with Crippen LogP contribution in [0.15, 0.2) is 12.2 Å². The summed E-state index contributed by atoms with van der Waals surface area (Å²) < 4.78 is 0. The van der Waals surface area contributed by atoms with Crippen LogP contribution in [0.2, 0.25) is 0 Å². The second-order valence-electron chi connectivity index (χ2n) is 8.20. The van der Waals surface area contributed by atoms with Crippen LogP contribution in [0.25, 0.3) is 0 Å². The summed E-state index contributed by atoms with van der Waals surface area (Å²) in [5.41, 5.74) is 0. The van der Waals surface area contributed by atoms with Crippen molar-refractivity contribution in [3.05, 3.63) is 12.2 Å². The van der Waals surface area contributed by atoms with E-state index in [-0.39, 0.29) is 0 Å². The zero-order valence-electron chi connectivity index (χ0n) is 18.4. The number of allylic oxidation sites excluding steroid dienone is 2. The van der Waals surface area contributed by atoms with Crippen molar-refractivity contribution >= 4 is 5.97 Å².